The number of carbonyl (C=O) groups is 3. The molecule has 0 spiro atoms. The van der Waals surface area contributed by atoms with E-state index >= 15 is 0 Å². The summed E-state index contributed by atoms with van der Waals surface area (Å²) in [5.74, 6) is -3.56. The van der Waals surface area contributed by atoms with Gasteiger partial charge in [0.25, 0.3) is 0 Å². The molecule has 294 valence electrons. The van der Waals surface area contributed by atoms with Crippen molar-refractivity contribution < 1.29 is 62.4 Å². The van der Waals surface area contributed by atoms with Crippen molar-refractivity contribution in [2.45, 2.75) is 45.2 Å². The first-order chi connectivity index (χ1) is 26.7. The van der Waals surface area contributed by atoms with Gasteiger partial charge < -0.3 is 30.9 Å². The molecule has 6 aromatic heterocycles. The number of hydrogen-bond acceptors (Lipinski definition) is 10. The van der Waals surface area contributed by atoms with E-state index < -0.39 is 29.8 Å². The molecule has 13 nitrogen and oxygen atoms in total. The van der Waals surface area contributed by atoms with Crippen molar-refractivity contribution >= 4 is 46.6 Å². The van der Waals surface area contributed by atoms with Crippen molar-refractivity contribution in [3.05, 3.63) is 118 Å². The minimum Gasteiger partial charge on any atom is -0.753 e. The first-order valence-electron chi connectivity index (χ1n) is 16.5. The smallest absolute Gasteiger partial charge is 0.753 e. The number of carboxylic acid groups (broad SMARTS) is 3. The van der Waals surface area contributed by atoms with E-state index in [1.165, 1.54) is 85.2 Å². The fourth-order valence-corrected chi connectivity index (χ4v) is 5.93. The number of aromatic carboxylic acids is 3. The second-order valence-electron chi connectivity index (χ2n) is 11.7. The van der Waals surface area contributed by atoms with Crippen LogP contribution in [0.1, 0.15) is 74.9 Å². The van der Waals surface area contributed by atoms with Crippen molar-refractivity contribution in [2.24, 2.45) is 0 Å². The van der Waals surface area contributed by atoms with Crippen LogP contribution in [0, 0.1) is 0 Å². The van der Waals surface area contributed by atoms with Gasteiger partial charge in [-0.1, -0.05) is 44.1 Å². The predicted octanol–water partition coefficient (Wildman–Crippen LogP) is 8.93. The van der Waals surface area contributed by atoms with Gasteiger partial charge in [0.1, 0.15) is 5.69 Å². The van der Waals surface area contributed by atoms with Gasteiger partial charge in [0.15, 0.2) is 0 Å². The maximum atomic E-state index is 12.6. The fraction of sp³-hybridized carbons (Fsp3) is 0.184. The summed E-state index contributed by atoms with van der Waals surface area (Å²) in [6, 6.07) is 14.2. The number of halogens is 3. The van der Waals surface area contributed by atoms with Crippen LogP contribution in [0.15, 0.2) is 84.6 Å². The number of nitrogens with zero attached hydrogens (tertiary/aromatic N) is 7. The average Bonchev–Trinajstić information content (AvgIpc) is 3.89. The van der Waals surface area contributed by atoms with Gasteiger partial charge in [-0.25, -0.2) is 19.4 Å². The molecule has 6 aromatic rings. The standard InChI is InChI=1S/C19H19F3N3S.C18H11N3O6.CNS.Ru/c1-2-3-4-5-6-13-9-17(26-12-13)14-7-8-15(23-11-14)16-10-18(25-24-16)19(20,21)22;22-16(23)9-1-3-19-12(5-9)14-7-11(18(26)27)8-15(21-14)13-6-10(17(24)25)2-4-20-13;2-1-3;/h7-12H,2-6H2,1H3;1-8H,(H,22,23)(H,24,25)(H,26,27);;/q-1;;-1;+2. The number of hydrogen-bond donors (Lipinski definition) is 3. The van der Waals surface area contributed by atoms with Crippen LogP contribution >= 0.6 is 23.6 Å². The molecule has 0 unspecified atom stereocenters. The zero-order chi connectivity index (χ0) is 40.8. The monoisotopic (exact) mass is 903 g/mol. The van der Waals surface area contributed by atoms with Gasteiger partial charge in [-0.05, 0) is 84.4 Å². The maximum Gasteiger partial charge on any atom is 2.00 e. The third-order valence-corrected chi connectivity index (χ3v) is 8.75. The second-order valence-corrected chi connectivity index (χ2v) is 12.8. The Bertz CT molecular complexity index is 2270. The molecule has 0 amide bonds. The third kappa shape index (κ3) is 13.1. The van der Waals surface area contributed by atoms with E-state index in [4.69, 9.17) is 15.6 Å². The number of thiocarbonyl (C=S) groups is 1. The Labute approximate surface area is 345 Å². The van der Waals surface area contributed by atoms with Crippen LogP contribution in [0.2, 0.25) is 0 Å². The quantitative estimate of drug-likeness (QED) is 0.0454. The number of unbranched alkanes of at least 4 members (excludes halogenated alkanes) is 3. The largest absolute Gasteiger partial charge is 2.00 e. The van der Waals surface area contributed by atoms with Crippen LogP contribution in [0.3, 0.4) is 0 Å². The molecule has 0 saturated carbocycles. The van der Waals surface area contributed by atoms with Gasteiger partial charge in [0.05, 0.1) is 39.5 Å². The van der Waals surface area contributed by atoms with Gasteiger partial charge in [-0.15, -0.1) is 11.3 Å². The Morgan fingerprint density at radius 1 is 0.789 bits per heavy atom. The first kappa shape index (κ1) is 45.5. The number of aromatic nitrogens is 6. The molecular weight excluding hydrogens is 873 g/mol. The normalized spacial score (nSPS) is 10.5. The topological polar surface area (TPSA) is 213 Å². The molecule has 0 aromatic carbocycles. The molecule has 0 aliphatic heterocycles. The van der Waals surface area contributed by atoms with E-state index in [-0.39, 0.29) is 64.6 Å². The van der Waals surface area contributed by atoms with Gasteiger partial charge in [0.2, 0.25) is 0 Å². The fourth-order valence-electron chi connectivity index (χ4n) is 4.99. The van der Waals surface area contributed by atoms with Crippen LogP contribution in [-0.4, -0.2) is 63.4 Å². The van der Waals surface area contributed by atoms with E-state index in [1.54, 1.807) is 23.6 Å². The zero-order valence-electron chi connectivity index (χ0n) is 29.6. The number of thiophene rings is 1. The van der Waals surface area contributed by atoms with E-state index in [2.05, 4.69) is 60.7 Å². The Balaban J connectivity index is 0.000000281. The molecule has 3 N–H and O–H groups in total. The second kappa shape index (κ2) is 21.4. The first-order valence-corrected chi connectivity index (χ1v) is 17.8. The number of pyridine rings is 4. The molecule has 0 fully saturated rings. The van der Waals surface area contributed by atoms with Gasteiger partial charge in [-0.3, -0.25) is 15.0 Å². The van der Waals surface area contributed by atoms with E-state index in [0.29, 0.717) is 5.69 Å². The molecular formula is C38H30F3N7O6RuS2. The van der Waals surface area contributed by atoms with Gasteiger partial charge >= 0.3 is 43.6 Å². The SMILES string of the molecule is CCCCCCc1csc(-c2ccc(-c3cc(C(F)(F)F)n[n-]3)nc2)c1.O=C(O)c1ccnc(-c2cc(C(=O)O)cc(-c3cc(C(=O)O)ccn3)n2)c1.[N-]=C=S.[Ru+2]. The molecule has 0 radical (unpaired) electrons. The summed E-state index contributed by atoms with van der Waals surface area (Å²) in [7, 11) is 0. The molecule has 6 heterocycles. The summed E-state index contributed by atoms with van der Waals surface area (Å²) >= 11 is 5.36. The molecule has 0 aliphatic rings. The van der Waals surface area contributed by atoms with E-state index in [0.717, 1.165) is 22.9 Å². The zero-order valence-corrected chi connectivity index (χ0v) is 33.0. The number of isothiocyanates is 1. The Morgan fingerprint density at radius 3 is 1.82 bits per heavy atom. The van der Waals surface area contributed by atoms with Gasteiger partial charge in [0, 0.05) is 34.7 Å². The molecule has 0 bridgehead atoms. The summed E-state index contributed by atoms with van der Waals surface area (Å²) in [5, 5.41) is 45.0. The van der Waals surface area contributed by atoms with Crippen LogP contribution in [0.4, 0.5) is 13.2 Å². The Morgan fingerprint density at radius 2 is 1.35 bits per heavy atom. The summed E-state index contributed by atoms with van der Waals surface area (Å²) in [6.07, 6.45) is 5.74. The molecule has 19 heteroatoms. The van der Waals surface area contributed by atoms with Crippen molar-refractivity contribution in [2.75, 3.05) is 0 Å². The molecule has 0 atom stereocenters. The summed E-state index contributed by atoms with van der Waals surface area (Å²) in [5.41, 5.74) is 2.17. The van der Waals surface area contributed by atoms with Crippen molar-refractivity contribution in [3.63, 3.8) is 0 Å². The number of aryl methyl sites for hydroxylation is 1. The number of rotatable bonds is 12. The van der Waals surface area contributed by atoms with E-state index in [1.807, 2.05) is 6.07 Å². The Kier molecular flexibility index (Phi) is 17.1. The van der Waals surface area contributed by atoms with Crippen LogP contribution < -0.4 is 5.10 Å². The van der Waals surface area contributed by atoms with Crippen molar-refractivity contribution in [1.82, 2.24) is 30.1 Å². The number of carboxylic acids is 3. The minimum atomic E-state index is -4.49. The van der Waals surface area contributed by atoms with Crippen LogP contribution in [0.5, 0.6) is 0 Å². The summed E-state index contributed by atoms with van der Waals surface area (Å²) in [6.45, 7) is 2.20. The van der Waals surface area contributed by atoms with Crippen LogP contribution in [0.25, 0.3) is 50.0 Å². The molecule has 0 saturated heterocycles. The summed E-state index contributed by atoms with van der Waals surface area (Å²) < 4.78 is 37.8. The van der Waals surface area contributed by atoms with Crippen LogP contribution in [-0.2, 0) is 32.1 Å². The average molecular weight is 903 g/mol. The molecule has 0 aliphatic carbocycles. The molecule has 6 rings (SSSR count). The third-order valence-electron chi connectivity index (χ3n) is 7.72. The van der Waals surface area contributed by atoms with Gasteiger partial charge in [-0.2, -0.15) is 18.3 Å². The molecule has 57 heavy (non-hydrogen) atoms. The van der Waals surface area contributed by atoms with E-state index in [9.17, 15) is 32.7 Å². The Hall–Kier alpha value is -5.87. The summed E-state index contributed by atoms with van der Waals surface area (Å²) in [4.78, 5) is 51.5. The van der Waals surface area contributed by atoms with Crippen molar-refractivity contribution in [3.8, 4) is 44.6 Å². The van der Waals surface area contributed by atoms with Crippen molar-refractivity contribution in [1.29, 1.82) is 0 Å². The number of alkyl halides is 3. The maximum absolute atomic E-state index is 12.6. The minimum absolute atomic E-state index is 0. The predicted molar refractivity (Wildman–Crippen MR) is 204 cm³/mol.